The summed E-state index contributed by atoms with van der Waals surface area (Å²) >= 11 is 12.2. The van der Waals surface area contributed by atoms with Crippen molar-refractivity contribution >= 4 is 29.2 Å². The summed E-state index contributed by atoms with van der Waals surface area (Å²) in [6.45, 7) is 6.08. The molecule has 2 unspecified atom stereocenters. The van der Waals surface area contributed by atoms with Crippen LogP contribution in [-0.4, -0.2) is 19.1 Å². The standard InChI is InChI=1S/C15H21Cl2NO2/c1-9(2)7-14(15(19)20-4)18-10(3)12-8-11(16)5-6-13(12)17/h5-6,8-10,14,18H,7H2,1-4H3. The number of esters is 1. The molecule has 20 heavy (non-hydrogen) atoms. The summed E-state index contributed by atoms with van der Waals surface area (Å²) in [5.74, 6) is 0.123. The van der Waals surface area contributed by atoms with Gasteiger partial charge in [0.25, 0.3) is 0 Å². The van der Waals surface area contributed by atoms with E-state index in [0.717, 1.165) is 5.56 Å². The summed E-state index contributed by atoms with van der Waals surface area (Å²) < 4.78 is 4.84. The normalized spacial score (nSPS) is 14.2. The highest BCUT2D eigenvalue weighted by Crippen LogP contribution is 2.27. The molecule has 0 saturated heterocycles. The molecule has 3 nitrogen and oxygen atoms in total. The molecule has 112 valence electrons. The van der Waals surface area contributed by atoms with E-state index >= 15 is 0 Å². The summed E-state index contributed by atoms with van der Waals surface area (Å²) in [6.07, 6.45) is 0.704. The van der Waals surface area contributed by atoms with E-state index < -0.39 is 0 Å². The van der Waals surface area contributed by atoms with Crippen LogP contribution in [0.3, 0.4) is 0 Å². The third-order valence-electron chi connectivity index (χ3n) is 3.07. The maximum atomic E-state index is 11.8. The quantitative estimate of drug-likeness (QED) is 0.798. The Morgan fingerprint density at radius 3 is 2.50 bits per heavy atom. The Hall–Kier alpha value is -0.770. The van der Waals surface area contributed by atoms with Gasteiger partial charge in [-0.3, -0.25) is 10.1 Å². The molecule has 0 bridgehead atoms. The Morgan fingerprint density at radius 2 is 1.95 bits per heavy atom. The smallest absolute Gasteiger partial charge is 0.322 e. The Bertz CT molecular complexity index is 463. The first kappa shape index (κ1) is 17.3. The monoisotopic (exact) mass is 317 g/mol. The number of carbonyl (C=O) groups excluding carboxylic acids is 1. The number of rotatable bonds is 6. The van der Waals surface area contributed by atoms with Crippen LogP contribution in [0, 0.1) is 5.92 Å². The van der Waals surface area contributed by atoms with E-state index in [9.17, 15) is 4.79 Å². The van der Waals surface area contributed by atoms with E-state index in [2.05, 4.69) is 19.2 Å². The van der Waals surface area contributed by atoms with Crippen LogP contribution >= 0.6 is 23.2 Å². The van der Waals surface area contributed by atoms with E-state index in [1.54, 1.807) is 12.1 Å². The number of hydrogen-bond acceptors (Lipinski definition) is 3. The van der Waals surface area contributed by atoms with Crippen LogP contribution < -0.4 is 5.32 Å². The fraction of sp³-hybridized carbons (Fsp3) is 0.533. The van der Waals surface area contributed by atoms with Gasteiger partial charge in [0.15, 0.2) is 0 Å². The Labute approximate surface area is 130 Å². The lowest BCUT2D eigenvalue weighted by Crippen LogP contribution is -2.40. The van der Waals surface area contributed by atoms with Crippen LogP contribution in [0.5, 0.6) is 0 Å². The van der Waals surface area contributed by atoms with Gasteiger partial charge in [-0.2, -0.15) is 0 Å². The third-order valence-corrected chi connectivity index (χ3v) is 3.65. The second-order valence-corrected chi connectivity index (χ2v) is 6.10. The van der Waals surface area contributed by atoms with Gasteiger partial charge in [-0.25, -0.2) is 0 Å². The second kappa shape index (κ2) is 7.87. The van der Waals surface area contributed by atoms with Crippen molar-refractivity contribution in [3.8, 4) is 0 Å². The average molecular weight is 318 g/mol. The molecule has 0 spiro atoms. The molecule has 1 N–H and O–H groups in total. The number of methoxy groups -OCH3 is 1. The molecule has 0 aliphatic carbocycles. The van der Waals surface area contributed by atoms with Gasteiger partial charge in [0.1, 0.15) is 6.04 Å². The zero-order valence-electron chi connectivity index (χ0n) is 12.2. The van der Waals surface area contributed by atoms with E-state index in [0.29, 0.717) is 22.4 Å². The first-order chi connectivity index (χ1) is 9.35. The second-order valence-electron chi connectivity index (χ2n) is 5.26. The van der Waals surface area contributed by atoms with E-state index in [-0.39, 0.29) is 18.1 Å². The van der Waals surface area contributed by atoms with Crippen molar-refractivity contribution in [3.05, 3.63) is 33.8 Å². The fourth-order valence-electron chi connectivity index (χ4n) is 2.08. The maximum absolute atomic E-state index is 11.8. The molecule has 0 aliphatic heterocycles. The minimum atomic E-state index is -0.356. The molecule has 0 aliphatic rings. The molecule has 0 saturated carbocycles. The highest BCUT2D eigenvalue weighted by atomic mass is 35.5. The molecule has 0 heterocycles. The van der Waals surface area contributed by atoms with Crippen molar-refractivity contribution in [1.29, 1.82) is 0 Å². The molecule has 2 atom stereocenters. The van der Waals surface area contributed by atoms with Gasteiger partial charge in [-0.1, -0.05) is 37.0 Å². The molecular formula is C15H21Cl2NO2. The van der Waals surface area contributed by atoms with Gasteiger partial charge in [-0.05, 0) is 43.0 Å². The van der Waals surface area contributed by atoms with Gasteiger partial charge in [0, 0.05) is 16.1 Å². The number of carbonyl (C=O) groups is 1. The molecule has 0 fully saturated rings. The first-order valence-corrected chi connectivity index (χ1v) is 7.39. The predicted octanol–water partition coefficient (Wildman–Crippen LogP) is 4.23. The van der Waals surface area contributed by atoms with E-state index in [4.69, 9.17) is 27.9 Å². The highest BCUT2D eigenvalue weighted by Gasteiger charge is 2.23. The van der Waals surface area contributed by atoms with Crippen molar-refractivity contribution in [2.24, 2.45) is 5.92 Å². The molecular weight excluding hydrogens is 297 g/mol. The lowest BCUT2D eigenvalue weighted by Gasteiger charge is -2.23. The van der Waals surface area contributed by atoms with Crippen LogP contribution in [0.15, 0.2) is 18.2 Å². The van der Waals surface area contributed by atoms with Gasteiger partial charge < -0.3 is 4.74 Å². The van der Waals surface area contributed by atoms with Crippen LogP contribution in [0.2, 0.25) is 10.0 Å². The Kier molecular flexibility index (Phi) is 6.80. The summed E-state index contributed by atoms with van der Waals surface area (Å²) in [6, 6.07) is 4.86. The molecule has 0 amide bonds. The highest BCUT2D eigenvalue weighted by molar-refractivity contribution is 6.33. The number of nitrogens with one attached hydrogen (secondary N) is 1. The molecule has 5 heteroatoms. The van der Waals surface area contributed by atoms with Crippen molar-refractivity contribution < 1.29 is 9.53 Å². The van der Waals surface area contributed by atoms with Gasteiger partial charge in [0.2, 0.25) is 0 Å². The lowest BCUT2D eigenvalue weighted by atomic mass is 10.0. The predicted molar refractivity (Wildman–Crippen MR) is 83.3 cm³/mol. The number of ether oxygens (including phenoxy) is 1. The first-order valence-electron chi connectivity index (χ1n) is 6.64. The summed E-state index contributed by atoms with van der Waals surface area (Å²) in [4.78, 5) is 11.8. The topological polar surface area (TPSA) is 38.3 Å². The molecule has 0 aromatic heterocycles. The number of benzene rings is 1. The number of halogens is 2. The van der Waals surface area contributed by atoms with E-state index in [1.165, 1.54) is 7.11 Å². The largest absolute Gasteiger partial charge is 0.468 e. The summed E-state index contributed by atoms with van der Waals surface area (Å²) in [5, 5.41) is 4.51. The molecule has 1 aromatic rings. The zero-order chi connectivity index (χ0) is 15.3. The van der Waals surface area contributed by atoms with Crippen LogP contribution in [0.4, 0.5) is 0 Å². The van der Waals surface area contributed by atoms with Crippen molar-refractivity contribution in [3.63, 3.8) is 0 Å². The molecule has 1 aromatic carbocycles. The summed E-state index contributed by atoms with van der Waals surface area (Å²) in [7, 11) is 1.40. The zero-order valence-corrected chi connectivity index (χ0v) is 13.8. The van der Waals surface area contributed by atoms with Crippen molar-refractivity contribution in [2.45, 2.75) is 39.3 Å². The van der Waals surface area contributed by atoms with Gasteiger partial charge in [-0.15, -0.1) is 0 Å². The van der Waals surface area contributed by atoms with Crippen LogP contribution in [-0.2, 0) is 9.53 Å². The van der Waals surface area contributed by atoms with Gasteiger partial charge in [0.05, 0.1) is 7.11 Å². The molecule has 1 rings (SSSR count). The third kappa shape index (κ3) is 4.97. The minimum absolute atomic E-state index is 0.0935. The van der Waals surface area contributed by atoms with E-state index in [1.807, 2.05) is 13.0 Å². The lowest BCUT2D eigenvalue weighted by molar-refractivity contribution is -0.143. The molecule has 0 radical (unpaired) electrons. The average Bonchev–Trinajstić information content (AvgIpc) is 2.39. The Morgan fingerprint density at radius 1 is 1.30 bits per heavy atom. The van der Waals surface area contributed by atoms with Crippen molar-refractivity contribution in [2.75, 3.05) is 7.11 Å². The Balaban J connectivity index is 2.86. The fourth-order valence-corrected chi connectivity index (χ4v) is 2.55. The van der Waals surface area contributed by atoms with Gasteiger partial charge >= 0.3 is 5.97 Å². The number of hydrogen-bond donors (Lipinski definition) is 1. The maximum Gasteiger partial charge on any atom is 0.322 e. The van der Waals surface area contributed by atoms with Crippen LogP contribution in [0.1, 0.15) is 38.8 Å². The summed E-state index contributed by atoms with van der Waals surface area (Å²) in [5.41, 5.74) is 0.872. The van der Waals surface area contributed by atoms with Crippen LogP contribution in [0.25, 0.3) is 0 Å². The van der Waals surface area contributed by atoms with Crippen molar-refractivity contribution in [1.82, 2.24) is 5.32 Å². The minimum Gasteiger partial charge on any atom is -0.468 e. The SMILES string of the molecule is COC(=O)C(CC(C)C)NC(C)c1cc(Cl)ccc1Cl.